The molecule has 3 fully saturated rings. The molecule has 1 unspecified atom stereocenters. The van der Waals surface area contributed by atoms with E-state index >= 15 is 0 Å². The predicted molar refractivity (Wildman–Crippen MR) is 261 cm³/mol. The SMILES string of the molecule is C#CCOC(=O)N[C@H]1CC[C@@H](C[C@@H](N)[C@@H]2CC(=O)[C@H](C)/C=C(\C)[C@@H](O)[C@@H](O)C(=O)[C@H](C)C[C@H](C)/C=C/C=C/C=C(\C)[C@@H](OC)C[C@@H]3CC[C@@H](C)[C@@](O)(O3)C(=O)C(O)N3CCCC[C@H]3C(=O)O2)C[C@H]1OC. The summed E-state index contributed by atoms with van der Waals surface area (Å²) in [6.45, 7) is 10.3. The normalized spacial score (nSPS) is 39.4. The number of nitrogens with one attached hydrogen (secondary N) is 1. The molecule has 17 heteroatoms. The third-order valence-electron chi connectivity index (χ3n) is 14.8. The van der Waals surface area contributed by atoms with Crippen LogP contribution in [0.4, 0.5) is 4.79 Å². The van der Waals surface area contributed by atoms with Gasteiger partial charge in [-0.05, 0) is 94.6 Å². The topological polar surface area (TPSA) is 254 Å². The highest BCUT2D eigenvalue weighted by Crippen LogP contribution is 2.38. The first kappa shape index (κ1) is 58.5. The fraction of sp³-hybridized carbons (Fsp3) is 0.717. The number of fused-ring (bicyclic) bond motifs is 3. The number of nitrogens with zero attached hydrogens (tertiary/aromatic N) is 1. The standard InChI is InChI=1S/C53H81N3O14/c1-10-24-68-52(64)55-40-22-20-37(28-45(40)67-9)27-39(54)44-30-42(57)33(4)26-35(6)47(59)48(60)46(58)34(5)25-31(2)16-12-11-13-17-32(3)43(66-8)29-38-21-19-36(7)53(65,70-38)49(61)50(62)56-23-15-14-18-41(56)51(63)69-44/h1,11-13,16-17,26,31,33-34,36-41,43-45,47-48,50,59-60,62,65H,14-15,18-25,27-30,54H2,2-9H3,(H,55,64)/b13-11+,16-12+,32-17+,35-26+/t31-,33-,34-,36-,37+,38+,39-,40+,41+,43+,44+,45-,47-,48+,50?,53-/m1/s1. The Morgan fingerprint density at radius 1 is 0.943 bits per heavy atom. The van der Waals surface area contributed by atoms with Crippen LogP contribution in [0.25, 0.3) is 0 Å². The minimum Gasteiger partial charge on any atom is -0.459 e. The number of esters is 1. The van der Waals surface area contributed by atoms with Gasteiger partial charge in [0.15, 0.2) is 18.6 Å². The number of cyclic esters (lactones) is 1. The highest BCUT2D eigenvalue weighted by atomic mass is 16.6. The molecule has 16 atom stereocenters. The Kier molecular flexibility index (Phi) is 23.1. The smallest absolute Gasteiger partial charge is 0.408 e. The number of hydrogen-bond acceptors (Lipinski definition) is 16. The van der Waals surface area contributed by atoms with E-state index in [1.54, 1.807) is 27.9 Å². The van der Waals surface area contributed by atoms with Crippen molar-refractivity contribution in [3.05, 3.63) is 47.6 Å². The van der Waals surface area contributed by atoms with Gasteiger partial charge in [0, 0.05) is 57.4 Å². The highest BCUT2D eigenvalue weighted by molar-refractivity contribution is 5.90. The van der Waals surface area contributed by atoms with Gasteiger partial charge in [0.1, 0.15) is 30.1 Å². The molecule has 70 heavy (non-hydrogen) atoms. The summed E-state index contributed by atoms with van der Waals surface area (Å²) in [5.41, 5.74) is 7.97. The van der Waals surface area contributed by atoms with Crippen LogP contribution in [0.3, 0.4) is 0 Å². The Morgan fingerprint density at radius 2 is 1.67 bits per heavy atom. The van der Waals surface area contributed by atoms with E-state index in [0.29, 0.717) is 57.8 Å². The number of terminal acetylenes is 1. The summed E-state index contributed by atoms with van der Waals surface area (Å²) < 4.78 is 29.0. The molecule has 392 valence electrons. The Bertz CT molecular complexity index is 1950. The third kappa shape index (κ3) is 16.0. The lowest BCUT2D eigenvalue weighted by atomic mass is 9.79. The molecule has 4 rings (SSSR count). The molecule has 3 aliphatic heterocycles. The number of rotatable bonds is 7. The lowest BCUT2D eigenvalue weighted by Gasteiger charge is -2.45. The fourth-order valence-electron chi connectivity index (χ4n) is 10.3. The Morgan fingerprint density at radius 3 is 2.36 bits per heavy atom. The van der Waals surface area contributed by atoms with Crippen molar-refractivity contribution in [2.24, 2.45) is 35.3 Å². The quantitative estimate of drug-likeness (QED) is 0.118. The van der Waals surface area contributed by atoms with Crippen molar-refractivity contribution in [3.8, 4) is 12.3 Å². The molecule has 4 aliphatic rings. The minimum atomic E-state index is -2.38. The Balaban J connectivity index is 1.67. The molecule has 17 nitrogen and oxygen atoms in total. The lowest BCUT2D eigenvalue weighted by molar-refractivity contribution is -0.275. The molecule has 0 radical (unpaired) electrons. The molecule has 2 bridgehead atoms. The van der Waals surface area contributed by atoms with Crippen molar-refractivity contribution in [2.75, 3.05) is 27.4 Å². The third-order valence-corrected chi connectivity index (χ3v) is 14.8. The molecule has 1 aliphatic carbocycles. The van der Waals surface area contributed by atoms with Crippen LogP contribution < -0.4 is 11.1 Å². The van der Waals surface area contributed by atoms with E-state index in [4.69, 9.17) is 35.8 Å². The van der Waals surface area contributed by atoms with Gasteiger partial charge >= 0.3 is 12.1 Å². The van der Waals surface area contributed by atoms with E-state index in [0.717, 1.165) is 5.57 Å². The van der Waals surface area contributed by atoms with Crippen LogP contribution in [0, 0.1) is 41.9 Å². The Labute approximate surface area is 414 Å². The summed E-state index contributed by atoms with van der Waals surface area (Å²) in [6.07, 6.45) is 11.9. The number of allylic oxidation sites excluding steroid dienone is 6. The van der Waals surface area contributed by atoms with Crippen molar-refractivity contribution in [1.82, 2.24) is 10.2 Å². The van der Waals surface area contributed by atoms with Crippen molar-refractivity contribution in [1.29, 1.82) is 0 Å². The fourth-order valence-corrected chi connectivity index (χ4v) is 10.3. The van der Waals surface area contributed by atoms with Crippen molar-refractivity contribution in [3.63, 3.8) is 0 Å². The number of amides is 1. The molecule has 0 aromatic carbocycles. The van der Waals surface area contributed by atoms with Crippen LogP contribution in [0.1, 0.15) is 119 Å². The molecule has 7 N–H and O–H groups in total. The zero-order chi connectivity index (χ0) is 51.9. The van der Waals surface area contributed by atoms with Crippen molar-refractivity contribution >= 4 is 29.4 Å². The summed E-state index contributed by atoms with van der Waals surface area (Å²) in [7, 11) is 3.09. The van der Waals surface area contributed by atoms with E-state index in [9.17, 15) is 44.4 Å². The summed E-state index contributed by atoms with van der Waals surface area (Å²) in [6, 6.07) is -2.41. The van der Waals surface area contributed by atoms with Crippen molar-refractivity contribution in [2.45, 2.75) is 185 Å². The predicted octanol–water partition coefficient (Wildman–Crippen LogP) is 4.38. The minimum absolute atomic E-state index is 0.0567. The van der Waals surface area contributed by atoms with Gasteiger partial charge in [0.25, 0.3) is 0 Å². The average molecular weight is 984 g/mol. The van der Waals surface area contributed by atoms with E-state index in [-0.39, 0.29) is 55.9 Å². The van der Waals surface area contributed by atoms with Crippen LogP contribution in [0.15, 0.2) is 47.6 Å². The van der Waals surface area contributed by atoms with Gasteiger partial charge in [-0.15, -0.1) is 6.42 Å². The number of piperidine rings is 1. The first-order chi connectivity index (χ1) is 33.1. The second-order valence-corrected chi connectivity index (χ2v) is 20.2. The number of ketones is 3. The number of hydrogen-bond donors (Lipinski definition) is 6. The van der Waals surface area contributed by atoms with Gasteiger partial charge in [0.05, 0.1) is 24.4 Å². The summed E-state index contributed by atoms with van der Waals surface area (Å²) >= 11 is 0. The molecule has 2 saturated heterocycles. The molecule has 3 heterocycles. The maximum Gasteiger partial charge on any atom is 0.408 e. The largest absolute Gasteiger partial charge is 0.459 e. The molecular formula is C53H81N3O14. The maximum atomic E-state index is 14.4. The summed E-state index contributed by atoms with van der Waals surface area (Å²) in [5.74, 6) is -5.18. The second-order valence-electron chi connectivity index (χ2n) is 20.2. The first-order valence-corrected chi connectivity index (χ1v) is 25.0. The van der Waals surface area contributed by atoms with Gasteiger partial charge in [0.2, 0.25) is 11.6 Å². The van der Waals surface area contributed by atoms with E-state index < -0.39 is 108 Å². The molecular weight excluding hydrogens is 903 g/mol. The van der Waals surface area contributed by atoms with E-state index in [2.05, 4.69) is 11.2 Å². The summed E-state index contributed by atoms with van der Waals surface area (Å²) in [4.78, 5) is 69.9. The molecule has 1 saturated carbocycles. The average Bonchev–Trinajstić information content (AvgIpc) is 3.34. The number of nitrogens with two attached hydrogens (primary N) is 1. The number of ether oxygens (including phenoxy) is 5. The van der Waals surface area contributed by atoms with Crippen molar-refractivity contribution < 1.29 is 68.1 Å². The Hall–Kier alpha value is -4.09. The van der Waals surface area contributed by atoms with Gasteiger partial charge in [-0.3, -0.25) is 24.1 Å². The number of Topliss-reactive ketones (excluding diaryl/α,β-unsaturated/α-hetero) is 3. The van der Waals surface area contributed by atoms with Gasteiger partial charge in [-0.1, -0.05) is 76.5 Å². The van der Waals surface area contributed by atoms with Crippen LogP contribution in [-0.4, -0.2) is 149 Å². The molecule has 0 spiro atoms. The van der Waals surface area contributed by atoms with Crippen LogP contribution >= 0.6 is 0 Å². The van der Waals surface area contributed by atoms with E-state index in [1.807, 2.05) is 44.2 Å². The van der Waals surface area contributed by atoms with Gasteiger partial charge < -0.3 is 55.2 Å². The first-order valence-electron chi connectivity index (χ1n) is 25.0. The zero-order valence-electron chi connectivity index (χ0n) is 42.5. The monoisotopic (exact) mass is 984 g/mol. The van der Waals surface area contributed by atoms with Crippen LogP contribution in [0.5, 0.6) is 0 Å². The van der Waals surface area contributed by atoms with Gasteiger partial charge in [-0.25, -0.2) is 4.79 Å². The number of methoxy groups -OCH3 is 2. The van der Waals surface area contributed by atoms with Crippen LogP contribution in [-0.2, 0) is 42.9 Å². The molecule has 1 amide bonds. The molecule has 0 aromatic heterocycles. The number of aliphatic hydroxyl groups excluding tert-OH is 3. The van der Waals surface area contributed by atoms with E-state index in [1.165, 1.54) is 25.0 Å². The highest BCUT2D eigenvalue weighted by Gasteiger charge is 2.53. The number of aliphatic hydroxyl groups is 4. The maximum absolute atomic E-state index is 14.4. The number of alkyl carbamates (subject to hydrolysis) is 1. The zero-order valence-corrected chi connectivity index (χ0v) is 42.5. The second kappa shape index (κ2) is 27.7. The lowest BCUT2D eigenvalue weighted by Crippen LogP contribution is -2.62. The number of carbonyl (C=O) groups is 5. The van der Waals surface area contributed by atoms with Crippen LogP contribution in [0.2, 0.25) is 0 Å². The molecule has 0 aromatic rings. The van der Waals surface area contributed by atoms with Gasteiger partial charge in [-0.2, -0.15) is 0 Å². The number of carbonyl (C=O) groups excluding carboxylic acids is 5. The summed E-state index contributed by atoms with van der Waals surface area (Å²) in [5, 5.41) is 48.8.